The van der Waals surface area contributed by atoms with Crippen molar-refractivity contribution >= 4 is 5.97 Å². The Kier molecular flexibility index (Phi) is 4.90. The van der Waals surface area contributed by atoms with Crippen molar-refractivity contribution in [3.63, 3.8) is 0 Å². The van der Waals surface area contributed by atoms with E-state index in [2.05, 4.69) is 0 Å². The molecule has 1 unspecified atom stereocenters. The summed E-state index contributed by atoms with van der Waals surface area (Å²) in [6.45, 7) is 2.95. The van der Waals surface area contributed by atoms with Gasteiger partial charge in [0.15, 0.2) is 0 Å². The van der Waals surface area contributed by atoms with Crippen molar-refractivity contribution in [2.75, 3.05) is 13.2 Å². The Morgan fingerprint density at radius 2 is 2.29 bits per heavy atom. The Balaban J connectivity index is 2.27. The van der Waals surface area contributed by atoms with E-state index in [1.165, 1.54) is 0 Å². The van der Waals surface area contributed by atoms with Crippen LogP contribution >= 0.6 is 0 Å². The Hall–Kier alpha value is -0.610. The molecule has 0 bridgehead atoms. The van der Waals surface area contributed by atoms with Crippen molar-refractivity contribution in [2.24, 2.45) is 0 Å². The van der Waals surface area contributed by atoms with Gasteiger partial charge in [0.05, 0.1) is 6.61 Å². The third kappa shape index (κ3) is 3.27. The van der Waals surface area contributed by atoms with Gasteiger partial charge in [-0.3, -0.25) is 4.79 Å². The van der Waals surface area contributed by atoms with E-state index in [1.54, 1.807) is 0 Å². The highest BCUT2D eigenvalue weighted by molar-refractivity contribution is 5.75. The molecule has 4 nitrogen and oxygen atoms in total. The molecule has 1 heterocycles. The topological polar surface area (TPSA) is 49.4 Å². The largest absolute Gasteiger partial charge is 0.464 e. The Morgan fingerprint density at radius 1 is 1.50 bits per heavy atom. The number of esters is 1. The van der Waals surface area contributed by atoms with Crippen molar-refractivity contribution in [1.29, 1.82) is 0 Å². The van der Waals surface area contributed by atoms with Crippen LogP contribution in [0.15, 0.2) is 0 Å². The summed E-state index contributed by atoms with van der Waals surface area (Å²) in [5.74, 6) is -0.340. The van der Waals surface area contributed by atoms with Gasteiger partial charge in [-0.2, -0.15) is 0 Å². The van der Waals surface area contributed by atoms with Crippen molar-refractivity contribution in [2.45, 2.75) is 45.1 Å². The molecule has 1 radical (unpaired) electrons. The van der Waals surface area contributed by atoms with Gasteiger partial charge in [0.25, 0.3) is 0 Å². The zero-order chi connectivity index (χ0) is 10.4. The lowest BCUT2D eigenvalue weighted by Crippen LogP contribution is -2.42. The van der Waals surface area contributed by atoms with Crippen LogP contribution in [0.1, 0.15) is 39.0 Å². The molecule has 0 spiro atoms. The van der Waals surface area contributed by atoms with E-state index < -0.39 is 6.04 Å². The molecule has 0 amide bonds. The quantitative estimate of drug-likeness (QED) is 0.510. The van der Waals surface area contributed by atoms with E-state index in [0.717, 1.165) is 30.7 Å². The fourth-order valence-electron chi connectivity index (χ4n) is 1.55. The summed E-state index contributed by atoms with van der Waals surface area (Å²) in [4.78, 5) is 11.4. The van der Waals surface area contributed by atoms with Crippen LogP contribution in [-0.4, -0.2) is 30.2 Å². The SMILES string of the molecule is CCCCOC(=O)C1CCCCN1[O]. The van der Waals surface area contributed by atoms with Crippen molar-refractivity contribution in [3.05, 3.63) is 0 Å². The van der Waals surface area contributed by atoms with Gasteiger partial charge in [-0.25, -0.2) is 0 Å². The highest BCUT2D eigenvalue weighted by Gasteiger charge is 2.29. The maximum absolute atomic E-state index is 11.4. The predicted octanol–water partition coefficient (Wildman–Crippen LogP) is 1.53. The van der Waals surface area contributed by atoms with Gasteiger partial charge >= 0.3 is 5.97 Å². The average Bonchev–Trinajstić information content (AvgIpc) is 2.18. The Morgan fingerprint density at radius 3 is 2.93 bits per heavy atom. The second kappa shape index (κ2) is 5.98. The second-order valence-corrected chi connectivity index (χ2v) is 3.67. The van der Waals surface area contributed by atoms with Crippen LogP contribution in [0.2, 0.25) is 0 Å². The summed E-state index contributed by atoms with van der Waals surface area (Å²) in [5, 5.41) is 12.1. The first-order valence-electron chi connectivity index (χ1n) is 5.36. The number of hydroxylamine groups is 2. The van der Waals surface area contributed by atoms with Crippen LogP contribution in [0.3, 0.4) is 0 Å². The Bertz CT molecular complexity index is 184. The van der Waals surface area contributed by atoms with Crippen molar-refractivity contribution < 1.29 is 14.7 Å². The first-order chi connectivity index (χ1) is 6.75. The molecule has 0 saturated carbocycles. The molecule has 1 rings (SSSR count). The molecule has 0 aromatic rings. The standard InChI is InChI=1S/C10H18NO3/c1-2-3-8-14-10(12)9-6-4-5-7-11(9)13/h9H,2-8H2,1H3. The van der Waals surface area contributed by atoms with Crippen molar-refractivity contribution in [3.8, 4) is 0 Å². The predicted molar refractivity (Wildman–Crippen MR) is 50.9 cm³/mol. The molecule has 1 saturated heterocycles. The zero-order valence-electron chi connectivity index (χ0n) is 8.70. The molecule has 1 fully saturated rings. The molecule has 0 aromatic heterocycles. The zero-order valence-corrected chi connectivity index (χ0v) is 8.70. The summed E-state index contributed by atoms with van der Waals surface area (Å²) in [6, 6.07) is -0.541. The van der Waals surface area contributed by atoms with Gasteiger partial charge in [0.1, 0.15) is 6.04 Å². The molecule has 1 aliphatic heterocycles. The minimum absolute atomic E-state index is 0.340. The first kappa shape index (κ1) is 11.5. The molecule has 14 heavy (non-hydrogen) atoms. The number of hydrogen-bond acceptors (Lipinski definition) is 3. The van der Waals surface area contributed by atoms with E-state index in [0.29, 0.717) is 19.6 Å². The van der Waals surface area contributed by atoms with E-state index >= 15 is 0 Å². The number of rotatable bonds is 4. The molecule has 1 aliphatic rings. The number of piperidine rings is 1. The van der Waals surface area contributed by atoms with Crippen LogP contribution in [-0.2, 0) is 14.7 Å². The van der Waals surface area contributed by atoms with Crippen molar-refractivity contribution in [1.82, 2.24) is 5.06 Å². The third-order valence-corrected chi connectivity index (χ3v) is 2.47. The number of hydrogen-bond donors (Lipinski definition) is 0. The van der Waals surface area contributed by atoms with Crippen LogP contribution in [0.5, 0.6) is 0 Å². The van der Waals surface area contributed by atoms with Gasteiger partial charge in [-0.1, -0.05) is 13.3 Å². The smallest absolute Gasteiger partial charge is 0.325 e. The second-order valence-electron chi connectivity index (χ2n) is 3.67. The van der Waals surface area contributed by atoms with Gasteiger partial charge in [-0.05, 0) is 25.7 Å². The van der Waals surface area contributed by atoms with E-state index in [-0.39, 0.29) is 5.97 Å². The number of nitrogens with zero attached hydrogens (tertiary/aromatic N) is 1. The van der Waals surface area contributed by atoms with E-state index in [4.69, 9.17) is 4.74 Å². The number of carbonyl (C=O) groups excluding carboxylic acids is 1. The summed E-state index contributed by atoms with van der Waals surface area (Å²) >= 11 is 0. The van der Waals surface area contributed by atoms with Gasteiger partial charge in [0.2, 0.25) is 0 Å². The fraction of sp³-hybridized carbons (Fsp3) is 0.900. The fourth-order valence-corrected chi connectivity index (χ4v) is 1.55. The third-order valence-electron chi connectivity index (χ3n) is 2.47. The average molecular weight is 200 g/mol. The summed E-state index contributed by atoms with van der Waals surface area (Å²) < 4.78 is 5.01. The van der Waals surface area contributed by atoms with E-state index in [9.17, 15) is 10.0 Å². The number of ether oxygens (including phenoxy) is 1. The molecule has 0 N–H and O–H groups in total. The Labute approximate surface area is 84.8 Å². The van der Waals surface area contributed by atoms with Crippen LogP contribution in [0, 0.1) is 0 Å². The monoisotopic (exact) mass is 200 g/mol. The highest BCUT2D eigenvalue weighted by atomic mass is 16.6. The lowest BCUT2D eigenvalue weighted by molar-refractivity contribution is -0.212. The van der Waals surface area contributed by atoms with Gasteiger partial charge < -0.3 is 4.74 Å². The maximum Gasteiger partial charge on any atom is 0.325 e. The summed E-state index contributed by atoms with van der Waals surface area (Å²) in [6.07, 6.45) is 4.36. The molecular weight excluding hydrogens is 182 g/mol. The van der Waals surface area contributed by atoms with E-state index in [1.807, 2.05) is 6.92 Å². The summed E-state index contributed by atoms with van der Waals surface area (Å²) in [5.41, 5.74) is 0. The summed E-state index contributed by atoms with van der Waals surface area (Å²) in [7, 11) is 0. The maximum atomic E-state index is 11.4. The van der Waals surface area contributed by atoms with Crippen LogP contribution in [0.4, 0.5) is 0 Å². The molecule has 0 aromatic carbocycles. The molecule has 1 atom stereocenters. The normalized spacial score (nSPS) is 23.4. The minimum atomic E-state index is -0.541. The first-order valence-corrected chi connectivity index (χ1v) is 5.36. The van der Waals surface area contributed by atoms with Crippen LogP contribution in [0.25, 0.3) is 0 Å². The molecule has 81 valence electrons. The lowest BCUT2D eigenvalue weighted by Gasteiger charge is -2.26. The highest BCUT2D eigenvalue weighted by Crippen LogP contribution is 2.16. The molecule has 0 aliphatic carbocycles. The van der Waals surface area contributed by atoms with Crippen LogP contribution < -0.4 is 0 Å². The lowest BCUT2D eigenvalue weighted by atomic mass is 10.0. The number of unbranched alkanes of at least 4 members (excludes halogenated alkanes) is 1. The van der Waals surface area contributed by atoms with Gasteiger partial charge in [-0.15, -0.1) is 10.3 Å². The number of carbonyl (C=O) groups is 1. The molecule has 4 heteroatoms. The molecular formula is C10H18NO3. The van der Waals surface area contributed by atoms with Gasteiger partial charge in [0, 0.05) is 6.54 Å². The minimum Gasteiger partial charge on any atom is -0.464 e.